The van der Waals surface area contributed by atoms with Crippen LogP contribution in [0.2, 0.25) is 0 Å². The number of carbonyl (C=O) groups excluding carboxylic acids is 1. The maximum absolute atomic E-state index is 14.1. The quantitative estimate of drug-likeness (QED) is 0.0558. The number of aliphatic hydroxyl groups excluding tert-OH is 4. The number of nitrogens with two attached hydrogens (primary N) is 1. The Morgan fingerprint density at radius 2 is 1.85 bits per heavy atom. The van der Waals surface area contributed by atoms with Crippen LogP contribution in [-0.4, -0.2) is 116 Å². The highest BCUT2D eigenvalue weighted by Crippen LogP contribution is 2.43. The molecule has 6 rings (SSSR count). The van der Waals surface area contributed by atoms with Crippen molar-refractivity contribution in [2.75, 3.05) is 13.2 Å². The third kappa shape index (κ3) is 9.56. The van der Waals surface area contributed by atoms with Gasteiger partial charge >= 0.3 is 0 Å². The summed E-state index contributed by atoms with van der Waals surface area (Å²) in [5, 5.41) is 82.9. The monoisotopic (exact) mass is 747 g/mol. The number of aliphatic hydroxyl groups is 7. The molecule has 3 heterocycles. The molecule has 0 aromatic carbocycles. The van der Waals surface area contributed by atoms with Gasteiger partial charge in [0.2, 0.25) is 0 Å². The maximum atomic E-state index is 14.1. The molecule has 13 heteroatoms. The molecule has 0 spiro atoms. The number of hydrogen-bond acceptors (Lipinski definition) is 11. The van der Waals surface area contributed by atoms with E-state index in [2.05, 4.69) is 24.1 Å². The SMILES string of the molecule is CC(CC=CC1CCCCC1)C(C[NH2+]C([O-])C1(O)C(OC2CCC3C(C2)[OH+]CC(C2CCC(O)CC2)C3O)OC(C(=O)[O-])C(O)C1O)CC1=C[CH+]N=C1. The second-order valence-electron chi connectivity index (χ2n) is 17.0. The van der Waals surface area contributed by atoms with Gasteiger partial charge in [-0.2, -0.15) is 0 Å². The molecule has 0 radical (unpaired) electrons. The van der Waals surface area contributed by atoms with Gasteiger partial charge in [-0.25, -0.2) is 0 Å². The minimum absolute atomic E-state index is 0.00529. The number of aliphatic carboxylic acids is 1. The molecular formula is C40H63N2O11+. The van der Waals surface area contributed by atoms with Gasteiger partial charge in [-0.15, -0.1) is 4.99 Å². The van der Waals surface area contributed by atoms with Crippen molar-refractivity contribution in [3.05, 3.63) is 30.3 Å². The summed E-state index contributed by atoms with van der Waals surface area (Å²) in [5.41, 5.74) is -1.68. The van der Waals surface area contributed by atoms with Crippen LogP contribution in [0.15, 0.2) is 28.8 Å². The highest BCUT2D eigenvalue weighted by atomic mass is 16.7. The highest BCUT2D eigenvalue weighted by molar-refractivity contribution is 5.81. The van der Waals surface area contributed by atoms with Crippen molar-refractivity contribution < 1.29 is 60.1 Å². The second kappa shape index (κ2) is 18.4. The lowest BCUT2D eigenvalue weighted by molar-refractivity contribution is -0.837. The van der Waals surface area contributed by atoms with Crippen molar-refractivity contribution in [2.24, 2.45) is 40.5 Å². The Kier molecular flexibility index (Phi) is 14.1. The molecule has 3 aliphatic carbocycles. The summed E-state index contributed by atoms with van der Waals surface area (Å²) in [6.45, 7) is 4.64. The predicted molar refractivity (Wildman–Crippen MR) is 190 cm³/mol. The normalized spacial score (nSPS) is 41.3. The first-order chi connectivity index (χ1) is 25.4. The van der Waals surface area contributed by atoms with Crippen molar-refractivity contribution in [2.45, 2.75) is 158 Å². The summed E-state index contributed by atoms with van der Waals surface area (Å²) in [6.07, 6.45) is 8.64. The molecule has 0 aromatic rings. The third-order valence-electron chi connectivity index (χ3n) is 13.5. The van der Waals surface area contributed by atoms with Gasteiger partial charge in [-0.05, 0) is 75.5 Å². The fourth-order valence-corrected chi connectivity index (χ4v) is 9.97. The van der Waals surface area contributed by atoms with E-state index in [1.165, 1.54) is 37.4 Å². The minimum Gasteiger partial charge on any atom is -0.804 e. The van der Waals surface area contributed by atoms with E-state index in [-0.39, 0.29) is 42.4 Å². The van der Waals surface area contributed by atoms with Crippen molar-refractivity contribution >= 4 is 12.2 Å². The van der Waals surface area contributed by atoms with E-state index in [9.17, 15) is 40.5 Å². The molecule has 0 aromatic heterocycles. The molecule has 6 aliphatic rings. The van der Waals surface area contributed by atoms with Gasteiger partial charge in [-0.3, -0.25) is 0 Å². The summed E-state index contributed by atoms with van der Waals surface area (Å²) >= 11 is 0. The van der Waals surface area contributed by atoms with E-state index < -0.39 is 54.6 Å². The molecule has 8 N–H and O–H groups in total. The van der Waals surface area contributed by atoms with Crippen molar-refractivity contribution in [1.82, 2.24) is 0 Å². The van der Waals surface area contributed by atoms with Gasteiger partial charge in [0.25, 0.3) is 0 Å². The van der Waals surface area contributed by atoms with Gasteiger partial charge in [0.15, 0.2) is 30.8 Å². The summed E-state index contributed by atoms with van der Waals surface area (Å²) in [7, 11) is 0. The molecule has 0 amide bonds. The smallest absolute Gasteiger partial charge is 0.194 e. The lowest BCUT2D eigenvalue weighted by atomic mass is 9.69. The maximum Gasteiger partial charge on any atom is 0.194 e. The van der Waals surface area contributed by atoms with Gasteiger partial charge in [0.05, 0.1) is 55.0 Å². The van der Waals surface area contributed by atoms with Gasteiger partial charge in [0.1, 0.15) is 30.4 Å². The number of allylic oxidation sites excluding steroid dienone is 3. The first kappa shape index (κ1) is 40.7. The third-order valence-corrected chi connectivity index (χ3v) is 13.5. The second-order valence-corrected chi connectivity index (χ2v) is 17.0. The van der Waals surface area contributed by atoms with Gasteiger partial charge in [0, 0.05) is 18.8 Å². The molecule has 13 nitrogen and oxygen atoms in total. The van der Waals surface area contributed by atoms with E-state index >= 15 is 0 Å². The lowest BCUT2D eigenvalue weighted by Gasteiger charge is -2.53. The lowest BCUT2D eigenvalue weighted by Crippen LogP contribution is -3.02. The first-order valence-electron chi connectivity index (χ1n) is 20.3. The molecule has 53 heavy (non-hydrogen) atoms. The highest BCUT2D eigenvalue weighted by Gasteiger charge is 2.60. The summed E-state index contributed by atoms with van der Waals surface area (Å²) in [5.74, 6) is -0.793. The first-order valence-corrected chi connectivity index (χ1v) is 20.3. The Balaban J connectivity index is 1.11. The Hall–Kier alpha value is -1.91. The molecule has 13 unspecified atom stereocenters. The number of ether oxygens (including phenoxy) is 3. The van der Waals surface area contributed by atoms with Gasteiger partial charge < -0.3 is 60.1 Å². The molecule has 298 valence electrons. The fourth-order valence-electron chi connectivity index (χ4n) is 9.97. The number of nitrogens with zero attached hydrogens (tertiary/aromatic N) is 1. The molecule has 3 aliphatic heterocycles. The van der Waals surface area contributed by atoms with Crippen molar-refractivity contribution in [3.63, 3.8) is 0 Å². The zero-order chi connectivity index (χ0) is 37.7. The summed E-state index contributed by atoms with van der Waals surface area (Å²) < 4.78 is 16.7. The number of hydrogen-bond donors (Lipinski definition) is 6. The van der Waals surface area contributed by atoms with Crippen LogP contribution in [0, 0.1) is 42.1 Å². The zero-order valence-corrected chi connectivity index (χ0v) is 31.1. The number of fused-ring (bicyclic) bond motifs is 1. The van der Waals surface area contributed by atoms with E-state index in [0.29, 0.717) is 44.1 Å². The Labute approximate surface area is 313 Å². The topological polar surface area (TPSA) is 225 Å². The van der Waals surface area contributed by atoms with Crippen molar-refractivity contribution in [1.29, 1.82) is 0 Å². The molecule has 13 atom stereocenters. The van der Waals surface area contributed by atoms with Gasteiger partial charge in [-0.1, -0.05) is 38.3 Å². The van der Waals surface area contributed by atoms with Crippen LogP contribution in [0.25, 0.3) is 0 Å². The largest absolute Gasteiger partial charge is 0.804 e. The number of quaternary nitrogens is 1. The number of rotatable bonds is 14. The molecule has 0 bridgehead atoms. The molecule has 5 fully saturated rings. The van der Waals surface area contributed by atoms with Crippen LogP contribution in [0.4, 0.5) is 0 Å². The average molecular weight is 748 g/mol. The van der Waals surface area contributed by atoms with Crippen LogP contribution in [-0.2, 0) is 14.3 Å². The number of carboxylic acid groups (broad SMARTS) is 1. The molecule has 2 saturated heterocycles. The van der Waals surface area contributed by atoms with Crippen LogP contribution >= 0.6 is 0 Å². The van der Waals surface area contributed by atoms with Crippen LogP contribution < -0.4 is 15.5 Å². The summed E-state index contributed by atoms with van der Waals surface area (Å²) in [4.78, 5) is 16.2. The Bertz CT molecular complexity index is 1280. The van der Waals surface area contributed by atoms with E-state index in [0.717, 1.165) is 37.7 Å². The zero-order valence-electron chi connectivity index (χ0n) is 31.1. The van der Waals surface area contributed by atoms with Crippen LogP contribution in [0.3, 0.4) is 0 Å². The molecular weight excluding hydrogens is 684 g/mol. The predicted octanol–water partition coefficient (Wildman–Crippen LogP) is -0.871. The number of aliphatic imine (C=N–C) groups is 1. The average Bonchev–Trinajstić information content (AvgIpc) is 3.67. The fraction of sp³-hybridized carbons (Fsp3) is 0.825. The van der Waals surface area contributed by atoms with Crippen molar-refractivity contribution in [3.8, 4) is 0 Å². The Morgan fingerprint density at radius 1 is 1.09 bits per heavy atom. The van der Waals surface area contributed by atoms with E-state index in [4.69, 9.17) is 14.2 Å². The van der Waals surface area contributed by atoms with Crippen LogP contribution in [0.1, 0.15) is 96.8 Å². The minimum atomic E-state index is -2.71. The van der Waals surface area contributed by atoms with E-state index in [1.54, 1.807) is 12.8 Å². The molecule has 3 saturated carbocycles. The van der Waals surface area contributed by atoms with Crippen LogP contribution in [0.5, 0.6) is 0 Å². The Morgan fingerprint density at radius 3 is 2.55 bits per heavy atom. The van der Waals surface area contributed by atoms with E-state index in [1.807, 2.05) is 6.08 Å². The summed E-state index contributed by atoms with van der Waals surface area (Å²) in [6, 6.07) is 0. The number of carbonyl (C=O) groups is 1. The number of carboxylic acids is 1. The standard InChI is InChI=1S/C40H62N2O11/c1-23(6-5-9-24-7-3-2-4-8-24)27(18-25-16-17-41-20-25)21-42-38(49)40(50)36(46)34(45)35(37(47)48)53-39(40)52-29-14-15-30-32(19-29)51-22-31(33(30)44)26-10-12-28(43)13-11-26/h5,9,16-17,20,23-24,26-36,38-39,42-46,50H,2-4,6-8,10-15,18-19,21-22H2,1H3,(H,47,48)/p+1.